The molecule has 0 saturated carbocycles. The highest BCUT2D eigenvalue weighted by Crippen LogP contribution is 2.10. The van der Waals surface area contributed by atoms with E-state index in [-0.39, 0.29) is 12.1 Å². The van der Waals surface area contributed by atoms with Crippen LogP contribution in [-0.2, 0) is 17.9 Å². The number of rotatable bonds is 6. The lowest BCUT2D eigenvalue weighted by molar-refractivity contribution is 0.151. The molecule has 0 radical (unpaired) electrons. The Morgan fingerprint density at radius 1 is 1.25 bits per heavy atom. The zero-order valence-electron chi connectivity index (χ0n) is 10.2. The number of hydrogen-bond donors (Lipinski definition) is 2. The minimum atomic E-state index is -0.338. The smallest absolute Gasteiger partial charge is 0.0716 e. The molecule has 1 aromatic rings. The lowest BCUT2D eigenvalue weighted by atomic mass is 10.1. The van der Waals surface area contributed by atoms with Crippen LogP contribution in [0.5, 0.6) is 0 Å². The van der Waals surface area contributed by atoms with Gasteiger partial charge in [0, 0.05) is 19.7 Å². The van der Waals surface area contributed by atoms with Crippen LogP contribution in [0.2, 0.25) is 0 Å². The molecule has 0 spiro atoms. The number of hydrogen-bond acceptors (Lipinski definition) is 3. The second kappa shape index (κ2) is 6.63. The Bertz CT molecular complexity index is 313. The number of methoxy groups -OCH3 is 1. The van der Waals surface area contributed by atoms with E-state index in [1.165, 1.54) is 11.1 Å². The maximum atomic E-state index is 9.38. The van der Waals surface area contributed by atoms with Crippen LogP contribution < -0.4 is 5.32 Å². The molecule has 0 aliphatic rings. The Kier molecular flexibility index (Phi) is 5.46. The molecular weight excluding hydrogens is 202 g/mol. The van der Waals surface area contributed by atoms with Gasteiger partial charge in [-0.1, -0.05) is 24.3 Å². The summed E-state index contributed by atoms with van der Waals surface area (Å²) in [6.07, 6.45) is -0.338. The van der Waals surface area contributed by atoms with Crippen molar-refractivity contribution in [3.8, 4) is 0 Å². The first-order valence-corrected chi connectivity index (χ1v) is 5.62. The maximum Gasteiger partial charge on any atom is 0.0716 e. The van der Waals surface area contributed by atoms with E-state index < -0.39 is 0 Å². The second-order valence-electron chi connectivity index (χ2n) is 4.11. The lowest BCUT2D eigenvalue weighted by Crippen LogP contribution is -2.35. The summed E-state index contributed by atoms with van der Waals surface area (Å²) in [6, 6.07) is 8.26. The summed E-state index contributed by atoms with van der Waals surface area (Å²) in [7, 11) is 1.70. The topological polar surface area (TPSA) is 41.5 Å². The molecule has 2 N–H and O–H groups in total. The average Bonchev–Trinajstić information content (AvgIpc) is 2.27. The summed E-state index contributed by atoms with van der Waals surface area (Å²) in [5, 5.41) is 12.7. The molecule has 2 atom stereocenters. The Hall–Kier alpha value is -0.900. The molecule has 3 nitrogen and oxygen atoms in total. The van der Waals surface area contributed by atoms with E-state index in [0.29, 0.717) is 6.61 Å². The fraction of sp³-hybridized carbons (Fsp3) is 0.538. The van der Waals surface area contributed by atoms with E-state index in [4.69, 9.17) is 4.74 Å². The first-order chi connectivity index (χ1) is 7.65. The molecule has 0 amide bonds. The molecule has 2 unspecified atom stereocenters. The number of benzene rings is 1. The minimum absolute atomic E-state index is 0.0931. The van der Waals surface area contributed by atoms with Gasteiger partial charge < -0.3 is 15.2 Å². The van der Waals surface area contributed by atoms with Gasteiger partial charge in [-0.05, 0) is 25.0 Å². The highest BCUT2D eigenvalue weighted by atomic mass is 16.5. The van der Waals surface area contributed by atoms with Gasteiger partial charge in [0.05, 0.1) is 12.7 Å². The third kappa shape index (κ3) is 3.93. The number of ether oxygens (including phenoxy) is 1. The van der Waals surface area contributed by atoms with E-state index in [0.717, 1.165) is 6.54 Å². The van der Waals surface area contributed by atoms with E-state index in [9.17, 15) is 5.11 Å². The third-order valence-corrected chi connectivity index (χ3v) is 2.76. The predicted octanol–water partition coefficient (Wildman–Crippen LogP) is 1.69. The Balaban J connectivity index is 2.58. The first kappa shape index (κ1) is 13.2. The van der Waals surface area contributed by atoms with Crippen molar-refractivity contribution in [2.24, 2.45) is 0 Å². The number of aliphatic hydroxyl groups is 1. The molecule has 3 heteroatoms. The summed E-state index contributed by atoms with van der Waals surface area (Å²) in [5.74, 6) is 0. The van der Waals surface area contributed by atoms with Gasteiger partial charge in [-0.15, -0.1) is 0 Å². The van der Waals surface area contributed by atoms with Crippen LogP contribution in [0.3, 0.4) is 0 Å². The summed E-state index contributed by atoms with van der Waals surface area (Å²) >= 11 is 0. The van der Waals surface area contributed by atoms with Crippen molar-refractivity contribution < 1.29 is 9.84 Å². The van der Waals surface area contributed by atoms with Crippen molar-refractivity contribution in [1.29, 1.82) is 0 Å². The normalized spacial score (nSPS) is 14.8. The fourth-order valence-electron chi connectivity index (χ4n) is 1.47. The fourth-order valence-corrected chi connectivity index (χ4v) is 1.47. The van der Waals surface area contributed by atoms with Crippen molar-refractivity contribution >= 4 is 0 Å². The molecule has 0 fully saturated rings. The monoisotopic (exact) mass is 223 g/mol. The molecule has 0 saturated heterocycles. The van der Waals surface area contributed by atoms with Crippen molar-refractivity contribution in [2.75, 3.05) is 7.11 Å². The van der Waals surface area contributed by atoms with Crippen molar-refractivity contribution in [2.45, 2.75) is 39.1 Å². The number of aliphatic hydroxyl groups excluding tert-OH is 1. The van der Waals surface area contributed by atoms with Crippen LogP contribution >= 0.6 is 0 Å². The summed E-state index contributed by atoms with van der Waals surface area (Å²) < 4.78 is 5.15. The zero-order chi connectivity index (χ0) is 12.0. The maximum absolute atomic E-state index is 9.38. The first-order valence-electron chi connectivity index (χ1n) is 5.62. The van der Waals surface area contributed by atoms with Gasteiger partial charge in [-0.3, -0.25) is 0 Å². The molecule has 90 valence electrons. The van der Waals surface area contributed by atoms with Crippen LogP contribution in [0.4, 0.5) is 0 Å². The van der Waals surface area contributed by atoms with Crippen LogP contribution in [0.25, 0.3) is 0 Å². The average molecular weight is 223 g/mol. The Labute approximate surface area is 97.4 Å². The van der Waals surface area contributed by atoms with E-state index >= 15 is 0 Å². The zero-order valence-corrected chi connectivity index (χ0v) is 10.2. The van der Waals surface area contributed by atoms with Gasteiger partial charge in [0.1, 0.15) is 0 Å². The van der Waals surface area contributed by atoms with Gasteiger partial charge in [0.2, 0.25) is 0 Å². The molecule has 1 rings (SSSR count). The van der Waals surface area contributed by atoms with Crippen molar-refractivity contribution in [3.63, 3.8) is 0 Å². The highest BCUT2D eigenvalue weighted by Gasteiger charge is 2.08. The predicted molar refractivity (Wildman–Crippen MR) is 65.1 cm³/mol. The van der Waals surface area contributed by atoms with E-state index in [2.05, 4.69) is 17.4 Å². The lowest BCUT2D eigenvalue weighted by Gasteiger charge is -2.17. The van der Waals surface area contributed by atoms with Gasteiger partial charge in [-0.2, -0.15) is 0 Å². The Morgan fingerprint density at radius 3 is 2.44 bits per heavy atom. The molecular formula is C13H21NO2. The van der Waals surface area contributed by atoms with Crippen LogP contribution in [-0.4, -0.2) is 24.4 Å². The quantitative estimate of drug-likeness (QED) is 0.771. The third-order valence-electron chi connectivity index (χ3n) is 2.76. The molecule has 0 bridgehead atoms. The van der Waals surface area contributed by atoms with Gasteiger partial charge >= 0.3 is 0 Å². The standard InChI is InChI=1S/C13H21NO2/c1-10(11(2)15)14-8-12-6-4-5-7-13(12)9-16-3/h4-7,10-11,14-15H,8-9H2,1-3H3. The molecule has 0 aliphatic heterocycles. The van der Waals surface area contributed by atoms with E-state index in [1.807, 2.05) is 19.1 Å². The largest absolute Gasteiger partial charge is 0.392 e. The van der Waals surface area contributed by atoms with Crippen molar-refractivity contribution in [3.05, 3.63) is 35.4 Å². The van der Waals surface area contributed by atoms with Crippen LogP contribution in [0.15, 0.2) is 24.3 Å². The molecule has 0 heterocycles. The Morgan fingerprint density at radius 2 is 1.88 bits per heavy atom. The second-order valence-corrected chi connectivity index (χ2v) is 4.11. The van der Waals surface area contributed by atoms with Crippen LogP contribution in [0, 0.1) is 0 Å². The minimum Gasteiger partial charge on any atom is -0.392 e. The molecule has 1 aromatic carbocycles. The summed E-state index contributed by atoms with van der Waals surface area (Å²) in [4.78, 5) is 0. The molecule has 0 aromatic heterocycles. The summed E-state index contributed by atoms with van der Waals surface area (Å²) in [6.45, 7) is 5.15. The van der Waals surface area contributed by atoms with Crippen molar-refractivity contribution in [1.82, 2.24) is 5.32 Å². The highest BCUT2D eigenvalue weighted by molar-refractivity contribution is 5.26. The van der Waals surface area contributed by atoms with E-state index in [1.54, 1.807) is 14.0 Å². The SMILES string of the molecule is COCc1ccccc1CNC(C)C(C)O. The van der Waals surface area contributed by atoms with Gasteiger partial charge in [-0.25, -0.2) is 0 Å². The summed E-state index contributed by atoms with van der Waals surface area (Å²) in [5.41, 5.74) is 2.41. The number of nitrogens with one attached hydrogen (secondary N) is 1. The van der Waals surface area contributed by atoms with Crippen LogP contribution in [0.1, 0.15) is 25.0 Å². The molecule has 16 heavy (non-hydrogen) atoms. The molecule has 0 aliphatic carbocycles. The van der Waals surface area contributed by atoms with Gasteiger partial charge in [0.15, 0.2) is 0 Å². The van der Waals surface area contributed by atoms with Gasteiger partial charge in [0.25, 0.3) is 0 Å².